The number of sulfonamides is 1. The van der Waals surface area contributed by atoms with Gasteiger partial charge in [0.05, 0.1) is 5.25 Å². The minimum atomic E-state index is -3.12. The van der Waals surface area contributed by atoms with Gasteiger partial charge >= 0.3 is 0 Å². The molecule has 0 radical (unpaired) electrons. The molecule has 0 fully saturated rings. The Hall–Kier alpha value is -0.530. The number of hydrogen-bond donors (Lipinski definition) is 1. The summed E-state index contributed by atoms with van der Waals surface area (Å²) in [5, 5.41) is -0.389. The molecule has 0 amide bonds. The van der Waals surface area contributed by atoms with Gasteiger partial charge in [0, 0.05) is 13.0 Å². The van der Waals surface area contributed by atoms with Crippen molar-refractivity contribution in [1.29, 1.82) is 0 Å². The van der Waals surface area contributed by atoms with Crippen LogP contribution in [0.25, 0.3) is 0 Å². The van der Waals surface area contributed by atoms with Gasteiger partial charge in [0.2, 0.25) is 10.0 Å². The summed E-state index contributed by atoms with van der Waals surface area (Å²) < 4.78 is 24.4. The molecule has 0 unspecified atom stereocenters. The van der Waals surface area contributed by atoms with Gasteiger partial charge in [-0.05, 0) is 13.8 Å². The van der Waals surface area contributed by atoms with Crippen molar-refractivity contribution >= 4 is 10.0 Å². The van der Waals surface area contributed by atoms with Gasteiger partial charge in [0.25, 0.3) is 0 Å². The maximum absolute atomic E-state index is 11.0. The quantitative estimate of drug-likeness (QED) is 0.494. The molecule has 0 aromatic carbocycles. The first-order valence-electron chi connectivity index (χ1n) is 3.42. The summed E-state index contributed by atoms with van der Waals surface area (Å²) in [6, 6.07) is 0. The van der Waals surface area contributed by atoms with Crippen molar-refractivity contribution in [3.8, 4) is 12.3 Å². The van der Waals surface area contributed by atoms with Crippen LogP contribution in [0.1, 0.15) is 20.3 Å². The molecule has 0 aliphatic rings. The standard InChI is InChI=1S/C7H13NO2S/c1-4-5-6-8-11(9,10)7(2)3/h1,7-8H,5-6H2,2-3H3. The fraction of sp³-hybridized carbons (Fsp3) is 0.714. The third-order valence-electron chi connectivity index (χ3n) is 1.19. The lowest BCUT2D eigenvalue weighted by Crippen LogP contribution is -2.31. The predicted octanol–water partition coefficient (Wildman–Crippen LogP) is 0.337. The summed E-state index contributed by atoms with van der Waals surface area (Å²) in [5.74, 6) is 2.35. The molecule has 0 rings (SSSR count). The zero-order chi connectivity index (χ0) is 8.91. The number of nitrogens with one attached hydrogen (secondary N) is 1. The van der Waals surface area contributed by atoms with E-state index >= 15 is 0 Å². The van der Waals surface area contributed by atoms with Gasteiger partial charge in [-0.15, -0.1) is 12.3 Å². The van der Waals surface area contributed by atoms with Crippen LogP contribution >= 0.6 is 0 Å². The maximum Gasteiger partial charge on any atom is 0.213 e. The Morgan fingerprint density at radius 1 is 1.55 bits per heavy atom. The molecule has 3 nitrogen and oxygen atoms in total. The van der Waals surface area contributed by atoms with Crippen LogP contribution in [0.2, 0.25) is 0 Å². The lowest BCUT2D eigenvalue weighted by molar-refractivity contribution is 0.573. The Balaban J connectivity index is 3.87. The highest BCUT2D eigenvalue weighted by molar-refractivity contribution is 7.90. The van der Waals surface area contributed by atoms with Gasteiger partial charge in [0.15, 0.2) is 0 Å². The van der Waals surface area contributed by atoms with E-state index in [9.17, 15) is 8.42 Å². The fourth-order valence-corrected chi connectivity index (χ4v) is 1.15. The Morgan fingerprint density at radius 3 is 2.45 bits per heavy atom. The van der Waals surface area contributed by atoms with Crippen LogP contribution in [0.4, 0.5) is 0 Å². The van der Waals surface area contributed by atoms with Crippen LogP contribution in [0.5, 0.6) is 0 Å². The second kappa shape index (κ2) is 4.37. The number of hydrogen-bond acceptors (Lipinski definition) is 2. The van der Waals surface area contributed by atoms with E-state index in [1.807, 2.05) is 0 Å². The molecule has 11 heavy (non-hydrogen) atoms. The van der Waals surface area contributed by atoms with E-state index in [2.05, 4.69) is 10.6 Å². The van der Waals surface area contributed by atoms with Crippen LogP contribution in [-0.4, -0.2) is 20.2 Å². The monoisotopic (exact) mass is 175 g/mol. The lowest BCUT2D eigenvalue weighted by atomic mass is 10.5. The Kier molecular flexibility index (Phi) is 4.16. The molecule has 0 saturated heterocycles. The van der Waals surface area contributed by atoms with Crippen LogP contribution in [0, 0.1) is 12.3 Å². The van der Waals surface area contributed by atoms with Gasteiger partial charge in [-0.1, -0.05) is 0 Å². The summed E-state index contributed by atoms with van der Waals surface area (Å²) in [5.41, 5.74) is 0. The molecule has 0 aliphatic carbocycles. The van der Waals surface area contributed by atoms with Crippen molar-refractivity contribution < 1.29 is 8.42 Å². The van der Waals surface area contributed by atoms with E-state index in [4.69, 9.17) is 6.42 Å². The SMILES string of the molecule is C#CCCNS(=O)(=O)C(C)C. The van der Waals surface area contributed by atoms with Crippen LogP contribution in [-0.2, 0) is 10.0 Å². The zero-order valence-electron chi connectivity index (χ0n) is 6.79. The zero-order valence-corrected chi connectivity index (χ0v) is 7.61. The topological polar surface area (TPSA) is 46.2 Å². The molecule has 0 atom stereocenters. The van der Waals surface area contributed by atoms with E-state index in [1.54, 1.807) is 13.8 Å². The molecule has 0 aliphatic heterocycles. The van der Waals surface area contributed by atoms with Crippen molar-refractivity contribution in [2.24, 2.45) is 0 Å². The summed E-state index contributed by atoms with van der Waals surface area (Å²) >= 11 is 0. The third-order valence-corrected chi connectivity index (χ3v) is 3.04. The highest BCUT2D eigenvalue weighted by Gasteiger charge is 2.13. The summed E-state index contributed by atoms with van der Waals surface area (Å²) in [7, 11) is -3.12. The Labute approximate surface area is 68.2 Å². The number of rotatable bonds is 4. The van der Waals surface area contributed by atoms with Crippen molar-refractivity contribution in [3.05, 3.63) is 0 Å². The van der Waals surface area contributed by atoms with Crippen LogP contribution in [0.15, 0.2) is 0 Å². The first-order valence-corrected chi connectivity index (χ1v) is 4.97. The second-order valence-electron chi connectivity index (χ2n) is 2.44. The largest absolute Gasteiger partial charge is 0.214 e. The first kappa shape index (κ1) is 10.5. The molecule has 0 heterocycles. The van der Waals surface area contributed by atoms with E-state index in [1.165, 1.54) is 0 Å². The maximum atomic E-state index is 11.0. The average Bonchev–Trinajstić information content (AvgIpc) is 1.88. The van der Waals surface area contributed by atoms with Gasteiger partial charge in [-0.25, -0.2) is 13.1 Å². The third kappa shape index (κ3) is 4.02. The van der Waals surface area contributed by atoms with E-state index in [0.717, 1.165) is 0 Å². The first-order chi connectivity index (χ1) is 5.00. The molecule has 0 bridgehead atoms. The van der Waals surface area contributed by atoms with Crippen LogP contribution < -0.4 is 4.72 Å². The van der Waals surface area contributed by atoms with Gasteiger partial charge in [0.1, 0.15) is 0 Å². The van der Waals surface area contributed by atoms with E-state index < -0.39 is 10.0 Å². The summed E-state index contributed by atoms with van der Waals surface area (Å²) in [4.78, 5) is 0. The number of terminal acetylenes is 1. The molecule has 4 heteroatoms. The average molecular weight is 175 g/mol. The minimum Gasteiger partial charge on any atom is -0.214 e. The van der Waals surface area contributed by atoms with Crippen molar-refractivity contribution in [1.82, 2.24) is 4.72 Å². The fourth-order valence-electron chi connectivity index (χ4n) is 0.432. The minimum absolute atomic E-state index is 0.330. The summed E-state index contributed by atoms with van der Waals surface area (Å²) in [6.07, 6.45) is 5.39. The van der Waals surface area contributed by atoms with Gasteiger partial charge < -0.3 is 0 Å². The van der Waals surface area contributed by atoms with Crippen LogP contribution in [0.3, 0.4) is 0 Å². The molecular weight excluding hydrogens is 162 g/mol. The smallest absolute Gasteiger partial charge is 0.213 e. The van der Waals surface area contributed by atoms with Crippen molar-refractivity contribution in [3.63, 3.8) is 0 Å². The molecule has 0 aromatic heterocycles. The Bertz CT molecular complexity index is 236. The molecule has 64 valence electrons. The van der Waals surface area contributed by atoms with Crippen molar-refractivity contribution in [2.45, 2.75) is 25.5 Å². The molecule has 0 aromatic rings. The van der Waals surface area contributed by atoms with Crippen molar-refractivity contribution in [2.75, 3.05) is 6.54 Å². The van der Waals surface area contributed by atoms with E-state index in [0.29, 0.717) is 13.0 Å². The molecule has 1 N–H and O–H groups in total. The molecule has 0 spiro atoms. The molecule has 0 saturated carbocycles. The van der Waals surface area contributed by atoms with E-state index in [-0.39, 0.29) is 5.25 Å². The predicted molar refractivity (Wildman–Crippen MR) is 45.5 cm³/mol. The highest BCUT2D eigenvalue weighted by Crippen LogP contribution is 1.94. The normalized spacial score (nSPS) is 11.5. The lowest BCUT2D eigenvalue weighted by Gasteiger charge is -2.06. The summed E-state index contributed by atoms with van der Waals surface area (Å²) in [6.45, 7) is 3.58. The second-order valence-corrected chi connectivity index (χ2v) is 4.76. The highest BCUT2D eigenvalue weighted by atomic mass is 32.2. The molecular formula is C7H13NO2S. The van der Waals surface area contributed by atoms with Gasteiger partial charge in [-0.3, -0.25) is 0 Å². The van der Waals surface area contributed by atoms with Gasteiger partial charge in [-0.2, -0.15) is 0 Å². The Morgan fingerprint density at radius 2 is 2.09 bits per heavy atom.